The number of carboxylic acids is 1. The van der Waals surface area contributed by atoms with E-state index >= 15 is 0 Å². The van der Waals surface area contributed by atoms with Gasteiger partial charge in [-0.3, -0.25) is 4.98 Å². The maximum Gasteiger partial charge on any atom is 0.335 e. The van der Waals surface area contributed by atoms with Crippen molar-refractivity contribution in [2.45, 2.75) is 13.5 Å². The van der Waals surface area contributed by atoms with Crippen LogP contribution in [-0.4, -0.2) is 20.6 Å². The first-order valence-electron chi connectivity index (χ1n) is 8.55. The minimum absolute atomic E-state index is 0.284. The monoisotopic (exact) mass is 376 g/mol. The van der Waals surface area contributed by atoms with E-state index in [-0.39, 0.29) is 5.56 Å². The molecule has 4 rings (SSSR count). The van der Waals surface area contributed by atoms with E-state index in [2.05, 4.69) is 16.5 Å². The van der Waals surface area contributed by atoms with Crippen molar-refractivity contribution < 1.29 is 9.90 Å². The van der Waals surface area contributed by atoms with E-state index < -0.39 is 5.97 Å². The molecule has 0 aliphatic carbocycles. The molecule has 5 heteroatoms. The van der Waals surface area contributed by atoms with E-state index in [0.717, 1.165) is 33.3 Å². The lowest BCUT2D eigenvalue weighted by Gasteiger charge is -2.12. The summed E-state index contributed by atoms with van der Waals surface area (Å²) in [6.07, 6.45) is 3.61. The minimum atomic E-state index is -0.922. The molecule has 0 aliphatic heterocycles. The Labute approximate surface area is 161 Å². The van der Waals surface area contributed by atoms with Crippen LogP contribution in [-0.2, 0) is 6.54 Å². The van der Waals surface area contributed by atoms with Gasteiger partial charge in [-0.2, -0.15) is 0 Å². The highest BCUT2D eigenvalue weighted by Crippen LogP contribution is 2.35. The van der Waals surface area contributed by atoms with E-state index in [1.807, 2.05) is 48.7 Å². The van der Waals surface area contributed by atoms with Crippen LogP contribution in [0.2, 0.25) is 5.02 Å². The first kappa shape index (κ1) is 17.3. The molecule has 0 aliphatic rings. The molecular formula is C22H17ClN2O2. The summed E-state index contributed by atoms with van der Waals surface area (Å²) in [6.45, 7) is 2.71. The van der Waals surface area contributed by atoms with Crippen LogP contribution in [0, 0.1) is 6.92 Å². The third-order valence-corrected chi connectivity index (χ3v) is 4.99. The Morgan fingerprint density at radius 3 is 2.59 bits per heavy atom. The SMILES string of the molecule is Cc1c(-c2cccnc2)n(Cc2ccc(C(=O)O)cc2)c2ccc(Cl)cc12. The maximum absolute atomic E-state index is 11.1. The summed E-state index contributed by atoms with van der Waals surface area (Å²) in [4.78, 5) is 15.4. The second-order valence-electron chi connectivity index (χ2n) is 6.46. The van der Waals surface area contributed by atoms with Gasteiger partial charge in [0.1, 0.15) is 0 Å². The predicted octanol–water partition coefficient (Wildman–Crippen LogP) is 5.41. The molecule has 0 saturated carbocycles. The number of nitrogens with zero attached hydrogens (tertiary/aromatic N) is 2. The fraction of sp³-hybridized carbons (Fsp3) is 0.0909. The normalized spacial score (nSPS) is 11.0. The highest BCUT2D eigenvalue weighted by Gasteiger charge is 2.16. The summed E-state index contributed by atoms with van der Waals surface area (Å²) in [5, 5.41) is 10.9. The van der Waals surface area contributed by atoms with Gasteiger partial charge in [-0.15, -0.1) is 0 Å². The number of hydrogen-bond donors (Lipinski definition) is 1. The van der Waals surface area contributed by atoms with Gasteiger partial charge in [0, 0.05) is 40.4 Å². The second kappa shape index (κ2) is 6.89. The number of aromatic nitrogens is 2. The standard InChI is InChI=1S/C22H17ClN2O2/c1-14-19-11-18(23)8-9-20(19)25(21(14)17-3-2-10-24-12-17)13-15-4-6-16(7-5-15)22(26)27/h2-12H,13H2,1H3,(H,26,27). The molecule has 2 heterocycles. The summed E-state index contributed by atoms with van der Waals surface area (Å²) >= 11 is 6.23. The maximum atomic E-state index is 11.1. The molecule has 0 radical (unpaired) electrons. The zero-order chi connectivity index (χ0) is 19.0. The average Bonchev–Trinajstić information content (AvgIpc) is 2.94. The number of halogens is 1. The Balaban J connectivity index is 1.89. The summed E-state index contributed by atoms with van der Waals surface area (Å²) in [5.74, 6) is -0.922. The molecule has 2 aromatic carbocycles. The van der Waals surface area contributed by atoms with E-state index in [4.69, 9.17) is 16.7 Å². The molecule has 0 atom stereocenters. The molecule has 2 aromatic heterocycles. The number of fused-ring (bicyclic) bond motifs is 1. The Kier molecular flexibility index (Phi) is 4.42. The number of carboxylic acid groups (broad SMARTS) is 1. The van der Waals surface area contributed by atoms with Crippen molar-refractivity contribution in [3.05, 3.63) is 88.7 Å². The van der Waals surface area contributed by atoms with Crippen molar-refractivity contribution in [1.29, 1.82) is 0 Å². The van der Waals surface area contributed by atoms with Gasteiger partial charge in [-0.05, 0) is 60.5 Å². The van der Waals surface area contributed by atoms with Gasteiger partial charge < -0.3 is 9.67 Å². The third-order valence-electron chi connectivity index (χ3n) is 4.76. The predicted molar refractivity (Wildman–Crippen MR) is 107 cm³/mol. The van der Waals surface area contributed by atoms with Gasteiger partial charge in [-0.25, -0.2) is 4.79 Å². The number of rotatable bonds is 4. The molecule has 134 valence electrons. The number of hydrogen-bond acceptors (Lipinski definition) is 2. The van der Waals surface area contributed by atoms with Crippen molar-refractivity contribution in [2.75, 3.05) is 0 Å². The Morgan fingerprint density at radius 2 is 1.93 bits per heavy atom. The lowest BCUT2D eigenvalue weighted by molar-refractivity contribution is 0.0697. The second-order valence-corrected chi connectivity index (χ2v) is 6.90. The van der Waals surface area contributed by atoms with Gasteiger partial charge in [0.25, 0.3) is 0 Å². The van der Waals surface area contributed by atoms with Crippen LogP contribution < -0.4 is 0 Å². The van der Waals surface area contributed by atoms with Crippen molar-refractivity contribution in [3.63, 3.8) is 0 Å². The molecule has 0 bridgehead atoms. The van der Waals surface area contributed by atoms with Gasteiger partial charge in [-0.1, -0.05) is 23.7 Å². The molecule has 0 fully saturated rings. The molecule has 1 N–H and O–H groups in total. The van der Waals surface area contributed by atoms with Gasteiger partial charge in [0.05, 0.1) is 11.3 Å². The molecule has 0 saturated heterocycles. The van der Waals surface area contributed by atoms with Crippen molar-refractivity contribution in [2.24, 2.45) is 0 Å². The number of benzene rings is 2. The average molecular weight is 377 g/mol. The lowest BCUT2D eigenvalue weighted by atomic mass is 10.1. The summed E-state index contributed by atoms with van der Waals surface area (Å²) < 4.78 is 2.23. The van der Waals surface area contributed by atoms with Crippen LogP contribution in [0.15, 0.2) is 67.0 Å². The molecule has 0 unspecified atom stereocenters. The smallest absolute Gasteiger partial charge is 0.335 e. The Bertz CT molecular complexity index is 1130. The zero-order valence-corrected chi connectivity index (χ0v) is 15.4. The van der Waals surface area contributed by atoms with Crippen LogP contribution in [0.25, 0.3) is 22.2 Å². The zero-order valence-electron chi connectivity index (χ0n) is 14.7. The summed E-state index contributed by atoms with van der Waals surface area (Å²) in [5.41, 5.74) is 5.65. The fourth-order valence-electron chi connectivity index (χ4n) is 3.47. The molecule has 4 aromatic rings. The molecule has 0 spiro atoms. The first-order valence-corrected chi connectivity index (χ1v) is 8.93. The Morgan fingerprint density at radius 1 is 1.15 bits per heavy atom. The lowest BCUT2D eigenvalue weighted by Crippen LogP contribution is -2.03. The highest BCUT2D eigenvalue weighted by molar-refractivity contribution is 6.31. The third kappa shape index (κ3) is 3.20. The van der Waals surface area contributed by atoms with Crippen molar-refractivity contribution in [1.82, 2.24) is 9.55 Å². The molecular weight excluding hydrogens is 360 g/mol. The number of aromatic carboxylic acids is 1. The highest BCUT2D eigenvalue weighted by atomic mass is 35.5. The molecule has 27 heavy (non-hydrogen) atoms. The van der Waals surface area contributed by atoms with Crippen LogP contribution in [0.5, 0.6) is 0 Å². The summed E-state index contributed by atoms with van der Waals surface area (Å²) in [6, 6.07) is 16.8. The first-order chi connectivity index (χ1) is 13.0. The quantitative estimate of drug-likeness (QED) is 0.518. The number of carbonyl (C=O) groups is 1. The number of pyridine rings is 1. The van der Waals surface area contributed by atoms with E-state index in [9.17, 15) is 4.79 Å². The molecule has 4 nitrogen and oxygen atoms in total. The van der Waals surface area contributed by atoms with E-state index in [1.165, 1.54) is 0 Å². The van der Waals surface area contributed by atoms with Crippen molar-refractivity contribution >= 4 is 28.5 Å². The summed E-state index contributed by atoms with van der Waals surface area (Å²) in [7, 11) is 0. The van der Waals surface area contributed by atoms with Crippen molar-refractivity contribution in [3.8, 4) is 11.3 Å². The largest absolute Gasteiger partial charge is 0.478 e. The number of aryl methyl sites for hydroxylation is 1. The topological polar surface area (TPSA) is 55.1 Å². The van der Waals surface area contributed by atoms with Crippen LogP contribution in [0.3, 0.4) is 0 Å². The minimum Gasteiger partial charge on any atom is -0.478 e. The van der Waals surface area contributed by atoms with Crippen LogP contribution in [0.4, 0.5) is 0 Å². The van der Waals surface area contributed by atoms with Crippen LogP contribution in [0.1, 0.15) is 21.5 Å². The van der Waals surface area contributed by atoms with Gasteiger partial charge in [0.15, 0.2) is 0 Å². The van der Waals surface area contributed by atoms with Crippen LogP contribution >= 0.6 is 11.6 Å². The Hall–Kier alpha value is -3.11. The van der Waals surface area contributed by atoms with Gasteiger partial charge in [0.2, 0.25) is 0 Å². The molecule has 0 amide bonds. The van der Waals surface area contributed by atoms with E-state index in [0.29, 0.717) is 11.6 Å². The fourth-order valence-corrected chi connectivity index (χ4v) is 3.64. The van der Waals surface area contributed by atoms with Gasteiger partial charge >= 0.3 is 5.97 Å². The van der Waals surface area contributed by atoms with E-state index in [1.54, 1.807) is 18.3 Å².